The van der Waals surface area contributed by atoms with Crippen molar-refractivity contribution in [2.45, 2.75) is 11.8 Å². The van der Waals surface area contributed by atoms with Gasteiger partial charge in [0, 0.05) is 15.7 Å². The van der Waals surface area contributed by atoms with Gasteiger partial charge in [0.25, 0.3) is 0 Å². The van der Waals surface area contributed by atoms with Crippen LogP contribution < -0.4 is 10.0 Å². The summed E-state index contributed by atoms with van der Waals surface area (Å²) in [5.41, 5.74) is 1.36. The number of hydrogen-bond acceptors (Lipinski definition) is 3. The lowest BCUT2D eigenvalue weighted by molar-refractivity contribution is -0.115. The van der Waals surface area contributed by atoms with Gasteiger partial charge in [0.05, 0.1) is 11.4 Å². The van der Waals surface area contributed by atoms with Crippen molar-refractivity contribution in [3.05, 3.63) is 58.1 Å². The Balaban J connectivity index is 1.99. The minimum atomic E-state index is -3.77. The molecule has 5 nitrogen and oxygen atoms in total. The monoisotopic (exact) mass is 372 g/mol. The number of amides is 1. The largest absolute Gasteiger partial charge is 0.325 e. The van der Waals surface area contributed by atoms with Gasteiger partial charge in [0.15, 0.2) is 0 Å². The van der Waals surface area contributed by atoms with Crippen LogP contribution in [-0.4, -0.2) is 20.9 Å². The molecule has 2 aromatic rings. The first-order valence-electron chi connectivity index (χ1n) is 6.59. The first-order chi connectivity index (χ1) is 10.8. The van der Waals surface area contributed by atoms with Gasteiger partial charge in [0.1, 0.15) is 0 Å². The minimum Gasteiger partial charge on any atom is -0.325 e. The molecule has 23 heavy (non-hydrogen) atoms. The molecule has 0 fully saturated rings. The highest BCUT2D eigenvalue weighted by molar-refractivity contribution is 7.89. The molecule has 0 atom stereocenters. The number of halogens is 2. The van der Waals surface area contributed by atoms with Gasteiger partial charge in [-0.25, -0.2) is 13.1 Å². The zero-order valence-corrected chi connectivity index (χ0v) is 14.5. The van der Waals surface area contributed by atoms with E-state index in [1.165, 1.54) is 24.3 Å². The van der Waals surface area contributed by atoms with Crippen molar-refractivity contribution < 1.29 is 13.2 Å². The smallest absolute Gasteiger partial charge is 0.241 e. The van der Waals surface area contributed by atoms with Gasteiger partial charge in [0.2, 0.25) is 15.9 Å². The van der Waals surface area contributed by atoms with E-state index < -0.39 is 15.9 Å². The number of carbonyl (C=O) groups excluding carboxylic acids is 1. The molecule has 0 aliphatic carbocycles. The molecule has 122 valence electrons. The van der Waals surface area contributed by atoms with Crippen molar-refractivity contribution >= 4 is 44.8 Å². The predicted molar refractivity (Wildman–Crippen MR) is 91.5 cm³/mol. The zero-order chi connectivity index (χ0) is 17.0. The summed E-state index contributed by atoms with van der Waals surface area (Å²) in [5, 5.41) is 3.61. The summed E-state index contributed by atoms with van der Waals surface area (Å²) in [5.74, 6) is -0.479. The van der Waals surface area contributed by atoms with Crippen LogP contribution in [0.2, 0.25) is 10.0 Å². The van der Waals surface area contributed by atoms with E-state index in [9.17, 15) is 13.2 Å². The molecule has 0 aliphatic rings. The lowest BCUT2D eigenvalue weighted by atomic mass is 10.2. The quantitative estimate of drug-likeness (QED) is 0.845. The average Bonchev–Trinajstić information content (AvgIpc) is 2.49. The van der Waals surface area contributed by atoms with Gasteiger partial charge in [-0.05, 0) is 55.0 Å². The predicted octanol–water partition coefficient (Wildman–Crippen LogP) is 3.22. The number of nitrogens with one attached hydrogen (secondary N) is 2. The molecule has 0 radical (unpaired) electrons. The van der Waals surface area contributed by atoms with Gasteiger partial charge < -0.3 is 5.32 Å². The molecule has 0 bridgehead atoms. The second-order valence-electron chi connectivity index (χ2n) is 4.79. The second kappa shape index (κ2) is 7.31. The maximum Gasteiger partial charge on any atom is 0.241 e. The van der Waals surface area contributed by atoms with E-state index in [1.54, 1.807) is 25.1 Å². The number of sulfonamides is 1. The Kier molecular flexibility index (Phi) is 5.64. The summed E-state index contributed by atoms with van der Waals surface area (Å²) >= 11 is 11.6. The van der Waals surface area contributed by atoms with E-state index in [0.29, 0.717) is 15.7 Å². The van der Waals surface area contributed by atoms with Crippen LogP contribution in [0, 0.1) is 6.92 Å². The van der Waals surface area contributed by atoms with Crippen molar-refractivity contribution in [3.8, 4) is 0 Å². The molecule has 0 aromatic heterocycles. The molecule has 0 saturated heterocycles. The standard InChI is InChI=1S/C15H14Cl2N2O3S/c1-10-8-12(17)4-7-14(10)19-15(20)9-18-23(21,22)13-5-2-11(16)3-6-13/h2-8,18H,9H2,1H3,(H,19,20). The number of rotatable bonds is 5. The Hall–Kier alpha value is -1.60. The van der Waals surface area contributed by atoms with Crippen molar-refractivity contribution in [2.24, 2.45) is 0 Å². The maximum atomic E-state index is 12.1. The van der Waals surface area contributed by atoms with Crippen LogP contribution >= 0.6 is 23.2 Å². The second-order valence-corrected chi connectivity index (χ2v) is 7.43. The molecular formula is C15H14Cl2N2O3S. The first-order valence-corrected chi connectivity index (χ1v) is 8.83. The Bertz CT molecular complexity index is 821. The summed E-state index contributed by atoms with van der Waals surface area (Å²) in [6, 6.07) is 10.7. The number of carbonyl (C=O) groups is 1. The Labute approximate surface area is 144 Å². The first kappa shape index (κ1) is 17.7. The highest BCUT2D eigenvalue weighted by Crippen LogP contribution is 2.19. The molecule has 0 aliphatic heterocycles. The molecular weight excluding hydrogens is 359 g/mol. The number of benzene rings is 2. The molecule has 0 unspecified atom stereocenters. The SMILES string of the molecule is Cc1cc(Cl)ccc1NC(=O)CNS(=O)(=O)c1ccc(Cl)cc1. The van der Waals surface area contributed by atoms with Crippen LogP contribution in [0.4, 0.5) is 5.69 Å². The fourth-order valence-corrected chi connectivity index (χ4v) is 3.15. The lowest BCUT2D eigenvalue weighted by Crippen LogP contribution is -2.33. The molecule has 8 heteroatoms. The molecule has 2 N–H and O–H groups in total. The van der Waals surface area contributed by atoms with Crippen LogP contribution in [0.15, 0.2) is 47.4 Å². The van der Waals surface area contributed by atoms with Gasteiger partial charge in [-0.1, -0.05) is 23.2 Å². The van der Waals surface area contributed by atoms with Crippen molar-refractivity contribution in [1.29, 1.82) is 0 Å². The van der Waals surface area contributed by atoms with Crippen molar-refractivity contribution in [3.63, 3.8) is 0 Å². The van der Waals surface area contributed by atoms with Crippen molar-refractivity contribution in [2.75, 3.05) is 11.9 Å². The average molecular weight is 373 g/mol. The maximum absolute atomic E-state index is 12.1. The minimum absolute atomic E-state index is 0.0392. The highest BCUT2D eigenvalue weighted by atomic mass is 35.5. The molecule has 2 aromatic carbocycles. The Morgan fingerprint density at radius 2 is 1.65 bits per heavy atom. The molecule has 1 amide bonds. The van der Waals surface area contributed by atoms with E-state index in [0.717, 1.165) is 5.56 Å². The molecule has 0 saturated carbocycles. The van der Waals surface area contributed by atoms with Gasteiger partial charge >= 0.3 is 0 Å². The van der Waals surface area contributed by atoms with Gasteiger partial charge in [-0.15, -0.1) is 0 Å². The van der Waals surface area contributed by atoms with E-state index in [4.69, 9.17) is 23.2 Å². The summed E-state index contributed by atoms with van der Waals surface area (Å²) in [6.45, 7) is 1.41. The van der Waals surface area contributed by atoms with Crippen LogP contribution in [0.3, 0.4) is 0 Å². The van der Waals surface area contributed by atoms with Crippen LogP contribution in [0.25, 0.3) is 0 Å². The normalized spacial score (nSPS) is 11.3. The fraction of sp³-hybridized carbons (Fsp3) is 0.133. The fourth-order valence-electron chi connectivity index (χ4n) is 1.82. The Morgan fingerprint density at radius 3 is 2.26 bits per heavy atom. The third kappa shape index (κ3) is 4.94. The lowest BCUT2D eigenvalue weighted by Gasteiger charge is -2.10. The highest BCUT2D eigenvalue weighted by Gasteiger charge is 2.15. The van der Waals surface area contributed by atoms with Gasteiger partial charge in [-0.2, -0.15) is 0 Å². The molecule has 0 heterocycles. The number of anilines is 1. The summed E-state index contributed by atoms with van der Waals surface area (Å²) in [7, 11) is -3.77. The van der Waals surface area contributed by atoms with Crippen LogP contribution in [0.5, 0.6) is 0 Å². The Morgan fingerprint density at radius 1 is 1.04 bits per heavy atom. The van der Waals surface area contributed by atoms with Crippen LogP contribution in [0.1, 0.15) is 5.56 Å². The molecule has 2 rings (SSSR count). The summed E-state index contributed by atoms with van der Waals surface area (Å²) in [6.07, 6.45) is 0. The van der Waals surface area contributed by atoms with E-state index in [1.807, 2.05) is 0 Å². The third-order valence-electron chi connectivity index (χ3n) is 3.01. The zero-order valence-electron chi connectivity index (χ0n) is 12.1. The van der Waals surface area contributed by atoms with Crippen LogP contribution in [-0.2, 0) is 14.8 Å². The third-order valence-corrected chi connectivity index (χ3v) is 4.91. The van der Waals surface area contributed by atoms with E-state index in [-0.39, 0.29) is 11.4 Å². The topological polar surface area (TPSA) is 75.3 Å². The summed E-state index contributed by atoms with van der Waals surface area (Å²) in [4.78, 5) is 11.9. The van der Waals surface area contributed by atoms with E-state index in [2.05, 4.69) is 10.0 Å². The number of aryl methyl sites for hydroxylation is 1. The molecule has 0 spiro atoms. The summed E-state index contributed by atoms with van der Waals surface area (Å²) < 4.78 is 26.4. The number of hydrogen-bond donors (Lipinski definition) is 2. The van der Waals surface area contributed by atoms with Crippen molar-refractivity contribution in [1.82, 2.24) is 4.72 Å². The van der Waals surface area contributed by atoms with E-state index >= 15 is 0 Å². The van der Waals surface area contributed by atoms with Gasteiger partial charge in [-0.3, -0.25) is 4.79 Å².